The van der Waals surface area contributed by atoms with E-state index in [9.17, 15) is 4.79 Å². The van der Waals surface area contributed by atoms with E-state index in [2.05, 4.69) is 5.10 Å². The van der Waals surface area contributed by atoms with Crippen LogP contribution in [-0.4, -0.2) is 39.6 Å². The lowest BCUT2D eigenvalue weighted by molar-refractivity contribution is 0.0793. The van der Waals surface area contributed by atoms with E-state index in [0.29, 0.717) is 12.1 Å². The first kappa shape index (κ1) is 14.6. The number of rotatable bonds is 5. The number of amides is 1. The molecule has 1 heterocycles. The van der Waals surface area contributed by atoms with Crippen molar-refractivity contribution in [3.05, 3.63) is 48.3 Å². The summed E-state index contributed by atoms with van der Waals surface area (Å²) in [5.41, 5.74) is 1.52. The fourth-order valence-corrected chi connectivity index (χ4v) is 1.95. The van der Waals surface area contributed by atoms with Crippen LogP contribution in [0.25, 0.3) is 5.69 Å². The Morgan fingerprint density at radius 2 is 2.10 bits per heavy atom. The van der Waals surface area contributed by atoms with Gasteiger partial charge in [0.2, 0.25) is 0 Å². The van der Waals surface area contributed by atoms with Crippen molar-refractivity contribution in [2.75, 3.05) is 13.6 Å². The molecule has 20 heavy (non-hydrogen) atoms. The summed E-state index contributed by atoms with van der Waals surface area (Å²) >= 11 is 5.90. The van der Waals surface area contributed by atoms with E-state index in [0.717, 1.165) is 12.1 Å². The van der Waals surface area contributed by atoms with Gasteiger partial charge in [-0.25, -0.2) is 4.68 Å². The quantitative estimate of drug-likeness (QED) is 0.794. The molecule has 0 aliphatic rings. The predicted octanol–water partition coefficient (Wildman–Crippen LogP) is 2.96. The molecule has 1 aromatic carbocycles. The van der Waals surface area contributed by atoms with E-state index in [4.69, 9.17) is 11.6 Å². The van der Waals surface area contributed by atoms with Crippen LogP contribution in [0.3, 0.4) is 0 Å². The average Bonchev–Trinajstić information content (AvgIpc) is 2.94. The number of carbonyl (C=O) groups excluding carboxylic acids is 1. The van der Waals surface area contributed by atoms with Gasteiger partial charge in [-0.2, -0.15) is 5.10 Å². The van der Waals surface area contributed by atoms with Crippen LogP contribution in [0.15, 0.2) is 42.7 Å². The fourth-order valence-electron chi connectivity index (χ4n) is 1.85. The summed E-state index contributed by atoms with van der Waals surface area (Å²) in [6, 6.07) is 9.71. The maximum atomic E-state index is 12.2. The number of carbonyl (C=O) groups is 1. The number of hydrogen-bond donors (Lipinski definition) is 0. The molecule has 1 aromatic heterocycles. The number of hydrogen-bond acceptors (Lipinski definition) is 2. The molecule has 1 unspecified atom stereocenters. The summed E-state index contributed by atoms with van der Waals surface area (Å²) in [5, 5.41) is 4.30. The zero-order valence-corrected chi connectivity index (χ0v) is 12.4. The Morgan fingerprint density at radius 1 is 1.40 bits per heavy atom. The Labute approximate surface area is 124 Å². The average molecular weight is 292 g/mol. The minimum Gasteiger partial charge on any atom is -0.342 e. The molecule has 5 heteroatoms. The van der Waals surface area contributed by atoms with Crippen LogP contribution in [0.2, 0.25) is 0 Å². The molecule has 0 saturated heterocycles. The van der Waals surface area contributed by atoms with E-state index >= 15 is 0 Å². The Hall–Kier alpha value is -1.81. The van der Waals surface area contributed by atoms with E-state index in [-0.39, 0.29) is 11.3 Å². The van der Waals surface area contributed by atoms with Crippen molar-refractivity contribution in [2.24, 2.45) is 0 Å². The summed E-state index contributed by atoms with van der Waals surface area (Å²) in [4.78, 5) is 13.9. The van der Waals surface area contributed by atoms with Crippen LogP contribution in [0.5, 0.6) is 0 Å². The van der Waals surface area contributed by atoms with Crippen molar-refractivity contribution >= 4 is 17.5 Å². The highest BCUT2D eigenvalue weighted by Crippen LogP contribution is 2.10. The van der Waals surface area contributed by atoms with Gasteiger partial charge in [-0.3, -0.25) is 4.79 Å². The summed E-state index contributed by atoms with van der Waals surface area (Å²) in [7, 11) is 1.78. The fraction of sp³-hybridized carbons (Fsp3) is 0.333. The number of aromatic nitrogens is 2. The smallest absolute Gasteiger partial charge is 0.256 e. The van der Waals surface area contributed by atoms with E-state index in [1.807, 2.05) is 37.3 Å². The summed E-state index contributed by atoms with van der Waals surface area (Å²) < 4.78 is 1.70. The van der Waals surface area contributed by atoms with Gasteiger partial charge in [0.15, 0.2) is 0 Å². The third-order valence-corrected chi connectivity index (χ3v) is 3.28. The van der Waals surface area contributed by atoms with Crippen LogP contribution < -0.4 is 0 Å². The topological polar surface area (TPSA) is 38.1 Å². The second kappa shape index (κ2) is 6.57. The molecule has 0 spiro atoms. The highest BCUT2D eigenvalue weighted by molar-refractivity contribution is 6.20. The first-order chi connectivity index (χ1) is 9.58. The molecule has 0 N–H and O–H groups in total. The monoisotopic (exact) mass is 291 g/mol. The Kier molecular flexibility index (Phi) is 4.79. The minimum atomic E-state index is -0.0375. The van der Waals surface area contributed by atoms with Crippen LogP contribution >= 0.6 is 11.6 Å². The third kappa shape index (κ3) is 3.61. The van der Waals surface area contributed by atoms with Gasteiger partial charge < -0.3 is 4.90 Å². The number of halogens is 1. The van der Waals surface area contributed by atoms with Crippen LogP contribution in [0, 0.1) is 0 Å². The Balaban J connectivity index is 2.07. The molecular weight excluding hydrogens is 274 g/mol. The van der Waals surface area contributed by atoms with Gasteiger partial charge in [0, 0.05) is 25.2 Å². The maximum Gasteiger partial charge on any atom is 0.256 e. The second-order valence-electron chi connectivity index (χ2n) is 4.81. The molecule has 0 aliphatic carbocycles. The van der Waals surface area contributed by atoms with Crippen molar-refractivity contribution in [1.29, 1.82) is 0 Å². The molecule has 0 aliphatic heterocycles. The molecule has 0 bridgehead atoms. The molecule has 0 saturated carbocycles. The highest BCUT2D eigenvalue weighted by atomic mass is 35.5. The predicted molar refractivity (Wildman–Crippen MR) is 80.5 cm³/mol. The van der Waals surface area contributed by atoms with Gasteiger partial charge in [-0.1, -0.05) is 18.2 Å². The number of alkyl halides is 1. The van der Waals surface area contributed by atoms with Crippen LogP contribution in [-0.2, 0) is 0 Å². The lowest BCUT2D eigenvalue weighted by atomic mass is 10.2. The first-order valence-corrected chi connectivity index (χ1v) is 7.01. The molecule has 0 radical (unpaired) electrons. The Bertz CT molecular complexity index is 566. The molecule has 4 nitrogen and oxygen atoms in total. The highest BCUT2D eigenvalue weighted by Gasteiger charge is 2.14. The van der Waals surface area contributed by atoms with Gasteiger partial charge in [0.25, 0.3) is 5.91 Å². The van der Waals surface area contributed by atoms with Crippen LogP contribution in [0.4, 0.5) is 0 Å². The summed E-state index contributed by atoms with van der Waals surface area (Å²) in [5.74, 6) is -0.0375. The number of nitrogens with zero attached hydrogens (tertiary/aromatic N) is 3. The largest absolute Gasteiger partial charge is 0.342 e. The van der Waals surface area contributed by atoms with Crippen molar-refractivity contribution in [3.63, 3.8) is 0 Å². The lowest BCUT2D eigenvalue weighted by Crippen LogP contribution is -2.28. The zero-order chi connectivity index (χ0) is 14.5. The van der Waals surface area contributed by atoms with Crippen molar-refractivity contribution in [2.45, 2.75) is 18.7 Å². The van der Waals surface area contributed by atoms with Crippen molar-refractivity contribution in [1.82, 2.24) is 14.7 Å². The van der Waals surface area contributed by atoms with Gasteiger partial charge in [-0.05, 0) is 25.5 Å². The molecule has 2 aromatic rings. The second-order valence-corrected chi connectivity index (χ2v) is 5.55. The third-order valence-electron chi connectivity index (χ3n) is 3.06. The van der Waals surface area contributed by atoms with E-state index in [1.165, 1.54) is 0 Å². The molecule has 2 rings (SSSR count). The number of benzene rings is 1. The van der Waals surface area contributed by atoms with Crippen molar-refractivity contribution in [3.8, 4) is 5.69 Å². The van der Waals surface area contributed by atoms with E-state index < -0.39 is 0 Å². The summed E-state index contributed by atoms with van der Waals surface area (Å²) in [6.45, 7) is 2.56. The SMILES string of the molecule is CC(Cl)CCN(C)C(=O)c1cnn(-c2ccccc2)c1. The molecule has 0 fully saturated rings. The lowest BCUT2D eigenvalue weighted by Gasteiger charge is -2.16. The molecular formula is C15H18ClN3O. The van der Waals surface area contributed by atoms with E-state index in [1.54, 1.807) is 29.0 Å². The minimum absolute atomic E-state index is 0.0375. The number of para-hydroxylation sites is 1. The summed E-state index contributed by atoms with van der Waals surface area (Å²) in [6.07, 6.45) is 4.12. The van der Waals surface area contributed by atoms with Gasteiger partial charge in [0.1, 0.15) is 0 Å². The van der Waals surface area contributed by atoms with Crippen molar-refractivity contribution < 1.29 is 4.79 Å². The zero-order valence-electron chi connectivity index (χ0n) is 11.7. The van der Waals surface area contributed by atoms with Gasteiger partial charge in [0.05, 0.1) is 17.4 Å². The van der Waals surface area contributed by atoms with Gasteiger partial charge in [-0.15, -0.1) is 11.6 Å². The van der Waals surface area contributed by atoms with Crippen LogP contribution in [0.1, 0.15) is 23.7 Å². The molecule has 1 amide bonds. The maximum absolute atomic E-state index is 12.2. The first-order valence-electron chi connectivity index (χ1n) is 6.57. The standard InChI is InChI=1S/C15H18ClN3O/c1-12(16)8-9-18(2)15(20)13-10-17-19(11-13)14-6-4-3-5-7-14/h3-7,10-12H,8-9H2,1-2H3. The molecule has 1 atom stereocenters. The normalized spacial score (nSPS) is 12.2. The van der Waals surface area contributed by atoms with Gasteiger partial charge >= 0.3 is 0 Å². The Morgan fingerprint density at radius 3 is 2.75 bits per heavy atom. The molecule has 106 valence electrons.